The molecule has 9 nitrogen and oxygen atoms in total. The normalized spacial score (nSPS) is 9.81. The average Bonchev–Trinajstić information content (AvgIpc) is 3.68. The van der Waals surface area contributed by atoms with Crippen LogP contribution in [0.2, 0.25) is 0 Å². The van der Waals surface area contributed by atoms with Crippen molar-refractivity contribution in [2.45, 2.75) is 104 Å². The van der Waals surface area contributed by atoms with E-state index in [0.717, 1.165) is 12.2 Å². The van der Waals surface area contributed by atoms with Crippen LogP contribution in [-0.4, -0.2) is 28.4 Å². The summed E-state index contributed by atoms with van der Waals surface area (Å²) in [6.07, 6.45) is 21.8. The number of hydrogen-bond donors (Lipinski definition) is 3. The summed E-state index contributed by atoms with van der Waals surface area (Å²) in [6, 6.07) is 34.9. The Balaban J connectivity index is 0.000000341. The number of fused-ring (bicyclic) bond motifs is 1. The van der Waals surface area contributed by atoms with E-state index in [-0.39, 0.29) is 16.3 Å². The summed E-state index contributed by atoms with van der Waals surface area (Å²) in [5.74, 6) is 0. The van der Waals surface area contributed by atoms with Crippen LogP contribution in [0, 0.1) is 27.2 Å². The molecule has 4 N–H and O–H groups in total. The quantitative estimate of drug-likeness (QED) is 0.0495. The number of non-ortho nitro benzene ring substituents is 1. The number of hydrogen-bond acceptors (Lipinski definition) is 6. The molecule has 0 atom stereocenters. The molecule has 0 radical (unpaired) electrons. The van der Waals surface area contributed by atoms with Crippen LogP contribution in [0.3, 0.4) is 0 Å². The van der Waals surface area contributed by atoms with Gasteiger partial charge in [-0.1, -0.05) is 163 Å². The van der Waals surface area contributed by atoms with E-state index in [1.54, 1.807) is 43.3 Å². The molecule has 0 unspecified atom stereocenters. The van der Waals surface area contributed by atoms with Gasteiger partial charge in [0.25, 0.3) is 11.4 Å². The Hall–Kier alpha value is -5.02. The molecule has 5 rings (SSSR count). The molecule has 0 spiro atoms. The van der Waals surface area contributed by atoms with Gasteiger partial charge >= 0.3 is 0 Å². The highest BCUT2D eigenvalue weighted by atomic mass is 16.6. The van der Waals surface area contributed by atoms with Gasteiger partial charge in [0.05, 0.1) is 9.85 Å². The molecule has 53 heavy (non-hydrogen) atoms. The van der Waals surface area contributed by atoms with Crippen LogP contribution in [0.5, 0.6) is 0 Å². The minimum atomic E-state index is -0.417. The van der Waals surface area contributed by atoms with Gasteiger partial charge in [0.15, 0.2) is 0 Å². The third kappa shape index (κ3) is 24.0. The molecule has 0 aliphatic rings. The minimum absolute atomic E-state index is 0.137. The number of nitrogens with two attached hydrogens (primary N) is 1. The monoisotopic (exact) mass is 725 g/mol. The molecule has 5 aromatic rings. The number of nitro groups is 2. The number of unbranched alkanes of at least 4 members (excludes halogenated alkanes) is 13. The average molecular weight is 726 g/mol. The van der Waals surface area contributed by atoms with Gasteiger partial charge in [-0.15, -0.1) is 0 Å². The molecule has 4 aromatic carbocycles. The van der Waals surface area contributed by atoms with Gasteiger partial charge in [0.1, 0.15) is 0 Å². The maximum absolute atomic E-state index is 10.2. The fourth-order valence-corrected chi connectivity index (χ4v) is 5.26. The van der Waals surface area contributed by atoms with E-state index < -0.39 is 4.92 Å². The van der Waals surface area contributed by atoms with Gasteiger partial charge in [0, 0.05) is 48.2 Å². The zero-order chi connectivity index (χ0) is 38.8. The number of benzene rings is 4. The van der Waals surface area contributed by atoms with E-state index in [4.69, 9.17) is 5.73 Å². The van der Waals surface area contributed by atoms with Gasteiger partial charge in [-0.25, -0.2) is 0 Å². The summed E-state index contributed by atoms with van der Waals surface area (Å²) in [5.41, 5.74) is 8.85. The SMILES string of the molecule is CCCCCCCCCCCCCCCCN.CNc1ccccc1.Cc1ccccc1[N+](=O)[O-].O=[N+]([O-])c1ccccc1.c1ccc2[nH]ccc2c1. The summed E-state index contributed by atoms with van der Waals surface area (Å²) in [5, 5.41) is 24.5. The van der Waals surface area contributed by atoms with Crippen LogP contribution in [0.15, 0.2) is 121 Å². The third-order valence-corrected chi connectivity index (χ3v) is 8.36. The Morgan fingerprint density at radius 3 is 1.47 bits per heavy atom. The molecule has 0 saturated carbocycles. The Bertz CT molecular complexity index is 1550. The van der Waals surface area contributed by atoms with Crippen molar-refractivity contribution >= 4 is 28.0 Å². The molecule has 0 saturated heterocycles. The number of anilines is 1. The fraction of sp³-hybridized carbons (Fsp3) is 0.409. The second-order valence-corrected chi connectivity index (χ2v) is 12.7. The predicted octanol–water partition coefficient (Wildman–Crippen LogP) is 12.8. The highest BCUT2D eigenvalue weighted by molar-refractivity contribution is 5.78. The summed E-state index contributed by atoms with van der Waals surface area (Å²) < 4.78 is 0. The maximum atomic E-state index is 10.2. The number of aromatic amines is 1. The van der Waals surface area contributed by atoms with Crippen LogP contribution >= 0.6 is 0 Å². The number of nitro benzene ring substituents is 2. The second-order valence-electron chi connectivity index (χ2n) is 12.7. The van der Waals surface area contributed by atoms with Crippen molar-refractivity contribution < 1.29 is 9.85 Å². The topological polar surface area (TPSA) is 140 Å². The van der Waals surface area contributed by atoms with Crippen LogP contribution in [0.25, 0.3) is 10.9 Å². The number of aryl methyl sites for hydroxylation is 1. The van der Waals surface area contributed by atoms with E-state index >= 15 is 0 Å². The Morgan fingerprint density at radius 2 is 1.06 bits per heavy atom. The van der Waals surface area contributed by atoms with E-state index in [1.165, 1.54) is 119 Å². The van der Waals surface area contributed by atoms with Crippen molar-refractivity contribution in [1.82, 2.24) is 4.98 Å². The van der Waals surface area contributed by atoms with Crippen molar-refractivity contribution in [2.24, 2.45) is 5.73 Å². The smallest absolute Gasteiger partial charge is 0.272 e. The highest BCUT2D eigenvalue weighted by Crippen LogP contribution is 2.15. The lowest BCUT2D eigenvalue weighted by molar-refractivity contribution is -0.385. The molecule has 1 heterocycles. The van der Waals surface area contributed by atoms with Crippen LogP contribution in [0.1, 0.15) is 102 Å². The summed E-state index contributed by atoms with van der Waals surface area (Å²) >= 11 is 0. The molecule has 9 heteroatoms. The number of nitrogens with zero attached hydrogens (tertiary/aromatic N) is 2. The van der Waals surface area contributed by atoms with Crippen molar-refractivity contribution in [3.05, 3.63) is 147 Å². The first kappa shape index (κ1) is 46.0. The third-order valence-electron chi connectivity index (χ3n) is 8.36. The number of para-hydroxylation sites is 4. The standard InChI is InChI=1S/C16H35N.C8H7N.C7H7NO2.C7H9N.C6H5NO2/c1-2-3-4-5-6-7-8-9-10-11-12-13-14-15-16-17;1-2-4-8-7(3-1)5-6-9-8;1-6-4-2-3-5-7(6)8(9)10;1-8-7-5-3-2-4-6-7;8-7(9)6-4-2-1-3-5-6/h2-17H2,1H3;1-6,9H;2-5H,1H3;2-6,8H,1H3;1-5H. The predicted molar refractivity (Wildman–Crippen MR) is 225 cm³/mol. The molecule has 1 aromatic heterocycles. The van der Waals surface area contributed by atoms with Gasteiger partial charge in [0.2, 0.25) is 0 Å². The number of H-pyrrole nitrogens is 1. The zero-order valence-electron chi connectivity index (χ0n) is 32.3. The lowest BCUT2D eigenvalue weighted by Crippen LogP contribution is -1.97. The number of nitrogens with one attached hydrogen (secondary N) is 2. The lowest BCUT2D eigenvalue weighted by Gasteiger charge is -2.02. The van der Waals surface area contributed by atoms with E-state index in [1.807, 2.05) is 55.7 Å². The first-order valence-electron chi connectivity index (χ1n) is 19.2. The number of rotatable bonds is 17. The highest BCUT2D eigenvalue weighted by Gasteiger charge is 2.06. The lowest BCUT2D eigenvalue weighted by atomic mass is 10.0. The molecule has 0 amide bonds. The van der Waals surface area contributed by atoms with Crippen LogP contribution in [-0.2, 0) is 0 Å². The molecular weight excluding hydrogens is 663 g/mol. The first-order valence-corrected chi connectivity index (χ1v) is 19.2. The second kappa shape index (κ2) is 31.7. The summed E-state index contributed by atoms with van der Waals surface area (Å²) in [7, 11) is 1.91. The Kier molecular flexibility index (Phi) is 27.5. The molecule has 0 aliphatic carbocycles. The molecule has 0 fully saturated rings. The van der Waals surface area contributed by atoms with E-state index in [2.05, 4.69) is 35.4 Å². The van der Waals surface area contributed by atoms with Crippen molar-refractivity contribution in [3.8, 4) is 0 Å². The summed E-state index contributed by atoms with van der Waals surface area (Å²) in [6.45, 7) is 4.88. The van der Waals surface area contributed by atoms with E-state index in [0.29, 0.717) is 5.56 Å². The number of aromatic nitrogens is 1. The summed E-state index contributed by atoms with van der Waals surface area (Å²) in [4.78, 5) is 22.6. The largest absolute Gasteiger partial charge is 0.388 e. The molecule has 0 bridgehead atoms. The van der Waals surface area contributed by atoms with Gasteiger partial charge < -0.3 is 16.0 Å². The Labute approximate surface area is 317 Å². The maximum Gasteiger partial charge on any atom is 0.272 e. The van der Waals surface area contributed by atoms with Crippen molar-refractivity contribution in [1.29, 1.82) is 0 Å². The van der Waals surface area contributed by atoms with Crippen molar-refractivity contribution in [2.75, 3.05) is 18.9 Å². The fourth-order valence-electron chi connectivity index (χ4n) is 5.26. The van der Waals surface area contributed by atoms with Crippen LogP contribution < -0.4 is 11.1 Å². The van der Waals surface area contributed by atoms with E-state index in [9.17, 15) is 20.2 Å². The van der Waals surface area contributed by atoms with Gasteiger partial charge in [-0.3, -0.25) is 20.2 Å². The molecular formula is C44H63N5O4. The molecule has 0 aliphatic heterocycles. The zero-order valence-corrected chi connectivity index (χ0v) is 32.3. The van der Waals surface area contributed by atoms with Gasteiger partial charge in [-0.05, 0) is 49.5 Å². The molecule has 288 valence electrons. The van der Waals surface area contributed by atoms with Crippen molar-refractivity contribution in [3.63, 3.8) is 0 Å². The van der Waals surface area contributed by atoms with Crippen LogP contribution in [0.4, 0.5) is 17.1 Å². The Morgan fingerprint density at radius 1 is 0.585 bits per heavy atom. The van der Waals surface area contributed by atoms with Gasteiger partial charge in [-0.2, -0.15) is 0 Å². The first-order chi connectivity index (χ1) is 25.8. The minimum Gasteiger partial charge on any atom is -0.388 e.